The maximum Gasteiger partial charge on any atom is 0.221 e. The Morgan fingerprint density at radius 1 is 1.75 bits per heavy atom. The van der Waals surface area contributed by atoms with Crippen LogP contribution in [0.4, 0.5) is 5.69 Å². The minimum atomic E-state index is 0.248. The predicted molar refractivity (Wildman–Crippen MR) is 42.4 cm³/mol. The lowest BCUT2D eigenvalue weighted by Gasteiger charge is -2.00. The maximum absolute atomic E-state index is 10.4. The van der Waals surface area contributed by atoms with Gasteiger partial charge >= 0.3 is 0 Å². The SMILES string of the molecule is [C-]#[N+]c1cnc(OC)c(C=O)c1. The van der Waals surface area contributed by atoms with Crippen LogP contribution in [0, 0.1) is 6.57 Å². The van der Waals surface area contributed by atoms with E-state index in [1.54, 1.807) is 0 Å². The van der Waals surface area contributed by atoms with Crippen molar-refractivity contribution in [2.45, 2.75) is 0 Å². The first-order valence-electron chi connectivity index (χ1n) is 3.18. The summed E-state index contributed by atoms with van der Waals surface area (Å²) in [4.78, 5) is 17.3. The van der Waals surface area contributed by atoms with Crippen LogP contribution in [0.2, 0.25) is 0 Å². The molecule has 0 fully saturated rings. The number of aromatic nitrogens is 1. The Balaban J connectivity index is 3.21. The highest BCUT2D eigenvalue weighted by Crippen LogP contribution is 2.18. The highest BCUT2D eigenvalue weighted by atomic mass is 16.5. The average molecular weight is 162 g/mol. The lowest BCUT2D eigenvalue weighted by Crippen LogP contribution is -1.92. The van der Waals surface area contributed by atoms with Gasteiger partial charge in [0.25, 0.3) is 0 Å². The molecule has 1 heterocycles. The van der Waals surface area contributed by atoms with E-state index < -0.39 is 0 Å². The first kappa shape index (κ1) is 8.21. The van der Waals surface area contributed by atoms with Crippen LogP contribution in [0.5, 0.6) is 5.88 Å². The quantitative estimate of drug-likeness (QED) is 0.488. The van der Waals surface area contributed by atoms with E-state index in [0.29, 0.717) is 17.5 Å². The summed E-state index contributed by atoms with van der Waals surface area (Å²) in [5, 5.41) is 0. The van der Waals surface area contributed by atoms with Crippen molar-refractivity contribution < 1.29 is 9.53 Å². The van der Waals surface area contributed by atoms with E-state index in [1.807, 2.05) is 0 Å². The van der Waals surface area contributed by atoms with Crippen molar-refractivity contribution >= 4 is 12.0 Å². The molecular weight excluding hydrogens is 156 g/mol. The number of carbonyl (C=O) groups excluding carboxylic acids is 1. The minimum absolute atomic E-state index is 0.248. The van der Waals surface area contributed by atoms with Crippen molar-refractivity contribution in [2.75, 3.05) is 7.11 Å². The molecule has 0 aliphatic heterocycles. The van der Waals surface area contributed by atoms with Gasteiger partial charge in [-0.25, -0.2) is 9.83 Å². The fourth-order valence-corrected chi connectivity index (χ4v) is 0.774. The topological polar surface area (TPSA) is 43.5 Å². The Kier molecular flexibility index (Phi) is 2.38. The van der Waals surface area contributed by atoms with Gasteiger partial charge in [-0.15, -0.1) is 0 Å². The van der Waals surface area contributed by atoms with Gasteiger partial charge in [0.1, 0.15) is 0 Å². The molecule has 60 valence electrons. The van der Waals surface area contributed by atoms with Crippen LogP contribution in [0.15, 0.2) is 12.3 Å². The van der Waals surface area contributed by atoms with Crippen LogP contribution >= 0.6 is 0 Å². The molecule has 0 aliphatic carbocycles. The molecule has 4 nitrogen and oxygen atoms in total. The highest BCUT2D eigenvalue weighted by molar-refractivity contribution is 5.80. The Bertz CT molecular complexity index is 341. The summed E-state index contributed by atoms with van der Waals surface area (Å²) in [6.45, 7) is 6.67. The molecular formula is C8H6N2O2. The molecule has 0 aliphatic rings. The number of carbonyl (C=O) groups is 1. The van der Waals surface area contributed by atoms with Crippen LogP contribution in [0.1, 0.15) is 10.4 Å². The number of nitrogens with zero attached hydrogens (tertiary/aromatic N) is 2. The number of aldehydes is 1. The van der Waals surface area contributed by atoms with Gasteiger partial charge in [0.2, 0.25) is 11.6 Å². The standard InChI is InChI=1S/C8H6N2O2/c1-9-7-3-6(5-11)8(12-2)10-4-7/h3-5H,2H3. The predicted octanol–water partition coefficient (Wildman–Crippen LogP) is 1.45. The molecule has 0 spiro atoms. The van der Waals surface area contributed by atoms with E-state index in [1.165, 1.54) is 19.4 Å². The van der Waals surface area contributed by atoms with E-state index in [2.05, 4.69) is 9.83 Å². The molecule has 0 amide bonds. The zero-order valence-electron chi connectivity index (χ0n) is 6.44. The molecule has 0 N–H and O–H groups in total. The van der Waals surface area contributed by atoms with Crippen molar-refractivity contribution in [3.05, 3.63) is 29.2 Å². The summed E-state index contributed by atoms with van der Waals surface area (Å²) < 4.78 is 4.79. The van der Waals surface area contributed by atoms with Gasteiger partial charge < -0.3 is 4.74 Å². The summed E-state index contributed by atoms with van der Waals surface area (Å²) in [7, 11) is 1.42. The molecule has 0 unspecified atom stereocenters. The van der Waals surface area contributed by atoms with Gasteiger partial charge in [-0.05, 0) is 6.07 Å². The third kappa shape index (κ3) is 1.40. The monoisotopic (exact) mass is 162 g/mol. The van der Waals surface area contributed by atoms with Gasteiger partial charge in [0.05, 0.1) is 19.2 Å². The molecule has 0 bridgehead atoms. The number of ether oxygens (including phenoxy) is 1. The second-order valence-electron chi connectivity index (χ2n) is 2.02. The Hall–Kier alpha value is -1.89. The Morgan fingerprint density at radius 2 is 2.50 bits per heavy atom. The normalized spacial score (nSPS) is 8.67. The van der Waals surface area contributed by atoms with Gasteiger partial charge in [0, 0.05) is 6.20 Å². The van der Waals surface area contributed by atoms with Crippen LogP contribution in [0.25, 0.3) is 4.85 Å². The first-order chi connectivity index (χ1) is 5.81. The van der Waals surface area contributed by atoms with Gasteiger partial charge in [-0.1, -0.05) is 0 Å². The van der Waals surface area contributed by atoms with Crippen LogP contribution in [-0.4, -0.2) is 18.4 Å². The highest BCUT2D eigenvalue weighted by Gasteiger charge is 2.03. The van der Waals surface area contributed by atoms with Crippen molar-refractivity contribution in [2.24, 2.45) is 0 Å². The molecule has 1 rings (SSSR count). The Morgan fingerprint density at radius 3 is 3.00 bits per heavy atom. The second kappa shape index (κ2) is 3.49. The molecule has 0 radical (unpaired) electrons. The maximum atomic E-state index is 10.4. The van der Waals surface area contributed by atoms with Crippen LogP contribution in [-0.2, 0) is 0 Å². The summed E-state index contributed by atoms with van der Waals surface area (Å²) >= 11 is 0. The lowest BCUT2D eigenvalue weighted by molar-refractivity contribution is 0.112. The third-order valence-corrected chi connectivity index (χ3v) is 1.31. The molecule has 0 saturated heterocycles. The van der Waals surface area contributed by atoms with Crippen molar-refractivity contribution in [3.63, 3.8) is 0 Å². The number of hydrogen-bond acceptors (Lipinski definition) is 3. The number of pyridine rings is 1. The number of hydrogen-bond donors (Lipinski definition) is 0. The first-order valence-corrected chi connectivity index (χ1v) is 3.18. The Labute approximate surface area is 69.6 Å². The molecule has 0 aromatic carbocycles. The molecule has 12 heavy (non-hydrogen) atoms. The molecule has 1 aromatic heterocycles. The summed E-state index contributed by atoms with van der Waals surface area (Å²) in [6, 6.07) is 1.44. The van der Waals surface area contributed by atoms with E-state index in [9.17, 15) is 4.79 Å². The molecule has 1 aromatic rings. The largest absolute Gasteiger partial charge is 0.481 e. The van der Waals surface area contributed by atoms with E-state index in [4.69, 9.17) is 11.3 Å². The fourth-order valence-electron chi connectivity index (χ4n) is 0.774. The van der Waals surface area contributed by atoms with Gasteiger partial charge in [-0.3, -0.25) is 4.79 Å². The second-order valence-corrected chi connectivity index (χ2v) is 2.02. The van der Waals surface area contributed by atoms with Gasteiger partial charge in [-0.2, -0.15) is 0 Å². The molecule has 0 saturated carbocycles. The molecule has 4 heteroatoms. The van der Waals surface area contributed by atoms with Crippen molar-refractivity contribution in [3.8, 4) is 5.88 Å². The lowest BCUT2D eigenvalue weighted by atomic mass is 10.3. The van der Waals surface area contributed by atoms with Crippen molar-refractivity contribution in [1.82, 2.24) is 4.98 Å². The zero-order valence-corrected chi connectivity index (χ0v) is 6.44. The summed E-state index contributed by atoms with van der Waals surface area (Å²) in [5.41, 5.74) is 0.629. The zero-order chi connectivity index (χ0) is 8.97. The smallest absolute Gasteiger partial charge is 0.221 e. The molecule has 0 atom stereocenters. The number of methoxy groups -OCH3 is 1. The third-order valence-electron chi connectivity index (χ3n) is 1.31. The number of rotatable bonds is 2. The van der Waals surface area contributed by atoms with Gasteiger partial charge in [0.15, 0.2) is 6.29 Å². The van der Waals surface area contributed by atoms with Crippen LogP contribution < -0.4 is 4.74 Å². The van der Waals surface area contributed by atoms with Crippen molar-refractivity contribution in [1.29, 1.82) is 0 Å². The van der Waals surface area contributed by atoms with Crippen LogP contribution in [0.3, 0.4) is 0 Å². The van der Waals surface area contributed by atoms with E-state index in [0.717, 1.165) is 0 Å². The summed E-state index contributed by atoms with van der Waals surface area (Å²) in [6.07, 6.45) is 1.97. The minimum Gasteiger partial charge on any atom is -0.481 e. The summed E-state index contributed by atoms with van der Waals surface area (Å²) in [5.74, 6) is 0.248. The fraction of sp³-hybridized carbons (Fsp3) is 0.125. The van der Waals surface area contributed by atoms with E-state index >= 15 is 0 Å². The van der Waals surface area contributed by atoms with E-state index in [-0.39, 0.29) is 5.88 Å². The average Bonchev–Trinajstić information content (AvgIpc) is 2.16.